The Bertz CT molecular complexity index is 708. The van der Waals surface area contributed by atoms with Crippen molar-refractivity contribution in [3.05, 3.63) is 33.0 Å². The van der Waals surface area contributed by atoms with Crippen LogP contribution in [0.5, 0.6) is 0 Å². The first-order valence-electron chi connectivity index (χ1n) is 5.05. The highest BCUT2D eigenvalue weighted by Crippen LogP contribution is 2.22. The van der Waals surface area contributed by atoms with Gasteiger partial charge in [0.25, 0.3) is 5.56 Å². The first-order chi connectivity index (χ1) is 8.15. The van der Waals surface area contributed by atoms with Crippen molar-refractivity contribution in [2.75, 3.05) is 5.75 Å². The molecule has 0 saturated carbocycles. The number of rotatable bonds is 0. The molecule has 0 bridgehead atoms. The van der Waals surface area contributed by atoms with Gasteiger partial charge in [0.05, 0.1) is 10.9 Å². The van der Waals surface area contributed by atoms with Crippen molar-refractivity contribution in [2.45, 2.75) is 12.1 Å². The second kappa shape index (κ2) is 3.96. The smallest absolute Gasteiger partial charge is 0.267 e. The van der Waals surface area contributed by atoms with Crippen LogP contribution in [-0.2, 0) is 0 Å². The summed E-state index contributed by atoms with van der Waals surface area (Å²) >= 11 is 4.90. The van der Waals surface area contributed by atoms with Gasteiger partial charge in [-0.25, -0.2) is 4.98 Å². The molecule has 0 unspecified atom stereocenters. The number of hydrogen-bond acceptors (Lipinski definition) is 4. The van der Waals surface area contributed by atoms with Crippen molar-refractivity contribution in [1.82, 2.24) is 9.66 Å². The summed E-state index contributed by atoms with van der Waals surface area (Å²) in [4.78, 5) is 16.7. The standard InChI is InChI=1S/C11H8BrN3OS/c1-6-5-17-11-13-9-3-2-7(12)4-8(9)10(16)15(11)14-6/h2-4H,5H2,1H3. The van der Waals surface area contributed by atoms with Crippen molar-refractivity contribution in [2.24, 2.45) is 5.10 Å². The minimum Gasteiger partial charge on any atom is -0.267 e. The topological polar surface area (TPSA) is 47.2 Å². The third-order valence-electron chi connectivity index (χ3n) is 2.46. The lowest BCUT2D eigenvalue weighted by molar-refractivity contribution is 0.697. The molecule has 2 aromatic rings. The second-order valence-electron chi connectivity index (χ2n) is 3.80. The second-order valence-corrected chi connectivity index (χ2v) is 5.65. The molecule has 0 amide bonds. The van der Waals surface area contributed by atoms with Gasteiger partial charge in [-0.3, -0.25) is 4.79 Å². The van der Waals surface area contributed by atoms with E-state index < -0.39 is 0 Å². The predicted octanol–water partition coefficient (Wildman–Crippen LogP) is 2.49. The largest absolute Gasteiger partial charge is 0.282 e. The van der Waals surface area contributed by atoms with E-state index in [1.807, 2.05) is 19.1 Å². The fourth-order valence-electron chi connectivity index (χ4n) is 1.68. The van der Waals surface area contributed by atoms with Crippen molar-refractivity contribution in [3.8, 4) is 0 Å². The molecule has 17 heavy (non-hydrogen) atoms. The van der Waals surface area contributed by atoms with Gasteiger partial charge in [-0.05, 0) is 25.1 Å². The molecular formula is C11H8BrN3OS. The van der Waals surface area contributed by atoms with Gasteiger partial charge >= 0.3 is 0 Å². The van der Waals surface area contributed by atoms with Crippen molar-refractivity contribution < 1.29 is 0 Å². The monoisotopic (exact) mass is 309 g/mol. The van der Waals surface area contributed by atoms with E-state index in [9.17, 15) is 4.79 Å². The summed E-state index contributed by atoms with van der Waals surface area (Å²) in [6, 6.07) is 5.50. The molecule has 1 aromatic heterocycles. The molecule has 0 fully saturated rings. The molecule has 1 aliphatic heterocycles. The van der Waals surface area contributed by atoms with Crippen molar-refractivity contribution >= 4 is 44.3 Å². The number of nitrogens with zero attached hydrogens (tertiary/aromatic N) is 3. The first kappa shape index (κ1) is 11.0. The molecule has 0 spiro atoms. The van der Waals surface area contributed by atoms with E-state index in [2.05, 4.69) is 26.0 Å². The maximum absolute atomic E-state index is 12.3. The van der Waals surface area contributed by atoms with Crippen molar-refractivity contribution in [1.29, 1.82) is 0 Å². The van der Waals surface area contributed by atoms with Crippen LogP contribution in [0, 0.1) is 0 Å². The Hall–Kier alpha value is -1.14. The molecule has 0 aliphatic carbocycles. The van der Waals surface area contributed by atoms with Gasteiger partial charge in [0.15, 0.2) is 5.16 Å². The Kier molecular flexibility index (Phi) is 2.56. The zero-order chi connectivity index (χ0) is 12.0. The zero-order valence-electron chi connectivity index (χ0n) is 8.98. The summed E-state index contributed by atoms with van der Waals surface area (Å²) in [5.41, 5.74) is 1.53. The summed E-state index contributed by atoms with van der Waals surface area (Å²) in [5.74, 6) is 0.786. The Balaban J connectivity index is 2.42. The molecule has 1 aliphatic rings. The molecule has 4 nitrogen and oxygen atoms in total. The molecule has 86 valence electrons. The highest BCUT2D eigenvalue weighted by Gasteiger charge is 2.15. The molecule has 0 N–H and O–H groups in total. The number of thioether (sulfide) groups is 1. The van der Waals surface area contributed by atoms with Crippen LogP contribution < -0.4 is 5.56 Å². The van der Waals surface area contributed by atoms with E-state index >= 15 is 0 Å². The zero-order valence-corrected chi connectivity index (χ0v) is 11.4. The summed E-state index contributed by atoms with van der Waals surface area (Å²) in [6.45, 7) is 1.91. The van der Waals surface area contributed by atoms with Gasteiger partial charge in [-0.15, -0.1) is 0 Å². The lowest BCUT2D eigenvalue weighted by Crippen LogP contribution is -2.24. The molecular weight excluding hydrogens is 302 g/mol. The predicted molar refractivity (Wildman–Crippen MR) is 72.9 cm³/mol. The van der Waals surface area contributed by atoms with E-state index in [-0.39, 0.29) is 5.56 Å². The fourth-order valence-corrected chi connectivity index (χ4v) is 2.84. The molecule has 3 rings (SSSR count). The fraction of sp³-hybridized carbons (Fsp3) is 0.182. The minimum absolute atomic E-state index is 0.113. The third-order valence-corrected chi connectivity index (χ3v) is 4.04. The van der Waals surface area contributed by atoms with E-state index in [0.717, 1.165) is 15.9 Å². The highest BCUT2D eigenvalue weighted by atomic mass is 79.9. The SMILES string of the molecule is CC1=Nn2c(nc3ccc(Br)cc3c2=O)SC1. The normalized spacial score (nSPS) is 14.6. The Morgan fingerprint density at radius 2 is 2.29 bits per heavy atom. The van der Waals surface area contributed by atoms with Crippen LogP contribution in [0.1, 0.15) is 6.92 Å². The average molecular weight is 310 g/mol. The van der Waals surface area contributed by atoms with E-state index in [1.54, 1.807) is 6.07 Å². The molecule has 6 heteroatoms. The van der Waals surface area contributed by atoms with Crippen LogP contribution >= 0.6 is 27.7 Å². The van der Waals surface area contributed by atoms with Gasteiger partial charge in [0.1, 0.15) is 0 Å². The Morgan fingerprint density at radius 3 is 3.12 bits per heavy atom. The average Bonchev–Trinajstić information content (AvgIpc) is 2.32. The molecule has 0 saturated heterocycles. The van der Waals surface area contributed by atoms with Crippen molar-refractivity contribution in [3.63, 3.8) is 0 Å². The first-order valence-corrected chi connectivity index (χ1v) is 6.82. The van der Waals surface area contributed by atoms with Gasteiger partial charge < -0.3 is 0 Å². The molecule has 2 heterocycles. The summed E-state index contributed by atoms with van der Waals surface area (Å²) in [7, 11) is 0. The number of fused-ring (bicyclic) bond motifs is 2. The lowest BCUT2D eigenvalue weighted by atomic mass is 10.2. The molecule has 0 radical (unpaired) electrons. The third kappa shape index (κ3) is 1.81. The Morgan fingerprint density at radius 1 is 1.47 bits per heavy atom. The van der Waals surface area contributed by atoms with E-state index in [1.165, 1.54) is 16.4 Å². The van der Waals surface area contributed by atoms with Gasteiger partial charge in [-0.2, -0.15) is 9.78 Å². The number of hydrogen-bond donors (Lipinski definition) is 0. The maximum Gasteiger partial charge on any atom is 0.282 e. The molecule has 1 aromatic carbocycles. The van der Waals surface area contributed by atoms with Crippen LogP contribution in [0.25, 0.3) is 10.9 Å². The van der Waals surface area contributed by atoms with Gasteiger partial charge in [-0.1, -0.05) is 27.7 Å². The van der Waals surface area contributed by atoms with Crippen LogP contribution in [0.2, 0.25) is 0 Å². The summed E-state index contributed by atoms with van der Waals surface area (Å²) < 4.78 is 2.26. The van der Waals surface area contributed by atoms with Crippen LogP contribution in [0.15, 0.2) is 37.7 Å². The summed E-state index contributed by atoms with van der Waals surface area (Å²) in [6.07, 6.45) is 0. The van der Waals surface area contributed by atoms with Crippen LogP contribution in [0.4, 0.5) is 0 Å². The van der Waals surface area contributed by atoms with E-state index in [4.69, 9.17) is 0 Å². The van der Waals surface area contributed by atoms with Gasteiger partial charge in [0.2, 0.25) is 0 Å². The number of benzene rings is 1. The Labute approximate surface area is 110 Å². The highest BCUT2D eigenvalue weighted by molar-refractivity contribution is 9.10. The van der Waals surface area contributed by atoms with Crippen LogP contribution in [-0.4, -0.2) is 21.1 Å². The van der Waals surface area contributed by atoms with E-state index in [0.29, 0.717) is 16.1 Å². The lowest BCUT2D eigenvalue weighted by Gasteiger charge is -2.13. The number of halogens is 1. The van der Waals surface area contributed by atoms with Gasteiger partial charge in [0, 0.05) is 15.9 Å². The minimum atomic E-state index is -0.113. The molecule has 0 atom stereocenters. The maximum atomic E-state index is 12.3. The number of aromatic nitrogens is 2. The van der Waals surface area contributed by atoms with Crippen LogP contribution in [0.3, 0.4) is 0 Å². The quantitative estimate of drug-likeness (QED) is 0.702. The summed E-state index contributed by atoms with van der Waals surface area (Å²) in [5, 5.41) is 5.50.